The molecule has 1 saturated carbocycles. The summed E-state index contributed by atoms with van der Waals surface area (Å²) >= 11 is 0. The number of hydrogen-bond acceptors (Lipinski definition) is 5. The highest BCUT2D eigenvalue weighted by atomic mass is 16.5. The summed E-state index contributed by atoms with van der Waals surface area (Å²) in [7, 11) is 0. The number of nitrogens with two attached hydrogens (primary N) is 1. The first-order valence-corrected chi connectivity index (χ1v) is 6.81. The van der Waals surface area contributed by atoms with Crippen molar-refractivity contribution in [3.8, 4) is 11.4 Å². The van der Waals surface area contributed by atoms with Gasteiger partial charge in [0, 0.05) is 23.9 Å². The molecule has 0 aliphatic heterocycles. The van der Waals surface area contributed by atoms with E-state index in [1.807, 2.05) is 12.1 Å². The molecule has 0 spiro atoms. The molecule has 0 atom stereocenters. The molecule has 1 aliphatic carbocycles. The van der Waals surface area contributed by atoms with Crippen LogP contribution in [0.15, 0.2) is 29.0 Å². The van der Waals surface area contributed by atoms with Crippen LogP contribution in [0.3, 0.4) is 0 Å². The van der Waals surface area contributed by atoms with Gasteiger partial charge < -0.3 is 10.3 Å². The Morgan fingerprint density at radius 3 is 2.58 bits per heavy atom. The highest BCUT2D eigenvalue weighted by Crippen LogP contribution is 2.35. The minimum atomic E-state index is 0.394. The fourth-order valence-electron chi connectivity index (χ4n) is 2.66. The van der Waals surface area contributed by atoms with Gasteiger partial charge in [-0.1, -0.05) is 5.16 Å². The molecule has 0 amide bonds. The van der Waals surface area contributed by atoms with Crippen LogP contribution in [-0.4, -0.2) is 21.7 Å². The molecule has 0 saturated heterocycles. The quantitative estimate of drug-likeness (QED) is 0.914. The van der Waals surface area contributed by atoms with Gasteiger partial charge in [-0.15, -0.1) is 0 Å². The largest absolute Gasteiger partial charge is 0.339 e. The number of pyridine rings is 1. The van der Waals surface area contributed by atoms with Crippen molar-refractivity contribution in [3.63, 3.8) is 0 Å². The van der Waals surface area contributed by atoms with Crippen LogP contribution >= 0.6 is 0 Å². The summed E-state index contributed by atoms with van der Waals surface area (Å²) in [4.78, 5) is 8.51. The maximum atomic E-state index is 5.71. The van der Waals surface area contributed by atoms with Gasteiger partial charge in [0.2, 0.25) is 11.7 Å². The Morgan fingerprint density at radius 1 is 1.16 bits per heavy atom. The zero-order chi connectivity index (χ0) is 13.1. The monoisotopic (exact) mass is 258 g/mol. The lowest BCUT2D eigenvalue weighted by Crippen LogP contribution is -2.20. The van der Waals surface area contributed by atoms with Crippen molar-refractivity contribution >= 4 is 0 Å². The molecule has 2 aromatic heterocycles. The Labute approximate surface area is 112 Å². The van der Waals surface area contributed by atoms with Gasteiger partial charge in [0.05, 0.1) is 0 Å². The van der Waals surface area contributed by atoms with Crippen molar-refractivity contribution in [3.05, 3.63) is 30.4 Å². The molecule has 5 nitrogen and oxygen atoms in total. The smallest absolute Gasteiger partial charge is 0.230 e. The summed E-state index contributed by atoms with van der Waals surface area (Å²) < 4.78 is 5.41. The number of rotatable bonds is 3. The lowest BCUT2D eigenvalue weighted by atomic mass is 9.82. The van der Waals surface area contributed by atoms with E-state index in [0.717, 1.165) is 43.7 Å². The Balaban J connectivity index is 1.72. The third-order valence-corrected chi connectivity index (χ3v) is 3.91. The van der Waals surface area contributed by atoms with Crippen LogP contribution in [0, 0.1) is 5.92 Å². The van der Waals surface area contributed by atoms with E-state index in [2.05, 4.69) is 15.1 Å². The summed E-state index contributed by atoms with van der Waals surface area (Å²) in [6.07, 6.45) is 7.98. The van der Waals surface area contributed by atoms with Crippen molar-refractivity contribution in [2.45, 2.75) is 31.6 Å². The predicted octanol–water partition coefficient (Wildman–Crippen LogP) is 2.36. The van der Waals surface area contributed by atoms with Gasteiger partial charge in [0.15, 0.2) is 0 Å². The second-order valence-corrected chi connectivity index (χ2v) is 5.15. The maximum Gasteiger partial charge on any atom is 0.230 e. The second-order valence-electron chi connectivity index (χ2n) is 5.15. The molecule has 1 fully saturated rings. The van der Waals surface area contributed by atoms with Crippen LogP contribution in [0.1, 0.15) is 37.5 Å². The molecule has 0 unspecified atom stereocenters. The van der Waals surface area contributed by atoms with Gasteiger partial charge in [-0.2, -0.15) is 4.98 Å². The first kappa shape index (κ1) is 12.3. The van der Waals surface area contributed by atoms with Crippen LogP contribution in [0.4, 0.5) is 0 Å². The maximum absolute atomic E-state index is 5.71. The van der Waals surface area contributed by atoms with Gasteiger partial charge in [0.1, 0.15) is 0 Å². The van der Waals surface area contributed by atoms with E-state index in [0.29, 0.717) is 17.7 Å². The molecule has 5 heteroatoms. The molecule has 100 valence electrons. The Morgan fingerprint density at radius 2 is 1.89 bits per heavy atom. The van der Waals surface area contributed by atoms with Crippen molar-refractivity contribution in [2.75, 3.05) is 6.54 Å². The lowest BCUT2D eigenvalue weighted by Gasteiger charge is -2.24. The van der Waals surface area contributed by atoms with Crippen molar-refractivity contribution in [1.29, 1.82) is 0 Å². The average Bonchev–Trinajstić information content (AvgIpc) is 2.98. The molecule has 2 aromatic rings. The third-order valence-electron chi connectivity index (χ3n) is 3.91. The Hall–Kier alpha value is -1.75. The van der Waals surface area contributed by atoms with Crippen molar-refractivity contribution in [2.24, 2.45) is 11.7 Å². The summed E-state index contributed by atoms with van der Waals surface area (Å²) in [5.74, 6) is 2.48. The van der Waals surface area contributed by atoms with Crippen LogP contribution in [0.5, 0.6) is 0 Å². The molecule has 0 bridgehead atoms. The third kappa shape index (κ3) is 2.66. The molecule has 2 N–H and O–H groups in total. The van der Waals surface area contributed by atoms with Crippen LogP contribution in [-0.2, 0) is 0 Å². The topological polar surface area (TPSA) is 77.8 Å². The van der Waals surface area contributed by atoms with E-state index in [4.69, 9.17) is 10.3 Å². The zero-order valence-electron chi connectivity index (χ0n) is 10.8. The zero-order valence-corrected chi connectivity index (χ0v) is 10.8. The molecule has 19 heavy (non-hydrogen) atoms. The highest BCUT2D eigenvalue weighted by Gasteiger charge is 2.25. The summed E-state index contributed by atoms with van der Waals surface area (Å²) in [6.45, 7) is 0.790. The minimum absolute atomic E-state index is 0.394. The van der Waals surface area contributed by atoms with E-state index in [1.54, 1.807) is 12.4 Å². The fraction of sp³-hybridized carbons (Fsp3) is 0.500. The average molecular weight is 258 g/mol. The van der Waals surface area contributed by atoms with E-state index in [-0.39, 0.29) is 0 Å². The second kappa shape index (κ2) is 5.48. The summed E-state index contributed by atoms with van der Waals surface area (Å²) in [5.41, 5.74) is 6.66. The van der Waals surface area contributed by atoms with Gasteiger partial charge >= 0.3 is 0 Å². The summed E-state index contributed by atoms with van der Waals surface area (Å²) in [6, 6.07) is 3.78. The predicted molar refractivity (Wildman–Crippen MR) is 71.3 cm³/mol. The van der Waals surface area contributed by atoms with E-state index < -0.39 is 0 Å². The van der Waals surface area contributed by atoms with Crippen molar-refractivity contribution < 1.29 is 4.52 Å². The van der Waals surface area contributed by atoms with E-state index in [1.165, 1.54) is 0 Å². The van der Waals surface area contributed by atoms with Gasteiger partial charge in [-0.3, -0.25) is 4.98 Å². The minimum Gasteiger partial charge on any atom is -0.339 e. The number of nitrogens with zero attached hydrogens (tertiary/aromatic N) is 3. The lowest BCUT2D eigenvalue weighted by molar-refractivity contribution is 0.275. The Kier molecular flexibility index (Phi) is 3.55. The first-order chi connectivity index (χ1) is 9.36. The molecule has 2 heterocycles. The molecule has 0 aromatic carbocycles. The van der Waals surface area contributed by atoms with Crippen LogP contribution < -0.4 is 5.73 Å². The first-order valence-electron chi connectivity index (χ1n) is 6.81. The molecular formula is C14H18N4O. The normalized spacial score (nSPS) is 23.4. The van der Waals surface area contributed by atoms with Crippen LogP contribution in [0.2, 0.25) is 0 Å². The van der Waals surface area contributed by atoms with Gasteiger partial charge in [0.25, 0.3) is 0 Å². The number of hydrogen-bond donors (Lipinski definition) is 1. The van der Waals surface area contributed by atoms with Gasteiger partial charge in [-0.05, 0) is 50.3 Å². The van der Waals surface area contributed by atoms with E-state index >= 15 is 0 Å². The summed E-state index contributed by atoms with van der Waals surface area (Å²) in [5, 5.41) is 4.06. The van der Waals surface area contributed by atoms with Gasteiger partial charge in [-0.25, -0.2) is 0 Å². The molecule has 0 radical (unpaired) electrons. The van der Waals surface area contributed by atoms with Crippen molar-refractivity contribution in [1.82, 2.24) is 15.1 Å². The Bertz CT molecular complexity index is 517. The SMILES string of the molecule is NCC1CCC(c2nc(-c3ccncc3)no2)CC1. The standard InChI is InChI=1S/C14H18N4O/c15-9-10-1-3-12(4-2-10)14-17-13(18-19-14)11-5-7-16-8-6-11/h5-8,10,12H,1-4,9,15H2. The molecule has 3 rings (SSSR count). The highest BCUT2D eigenvalue weighted by molar-refractivity contribution is 5.52. The van der Waals surface area contributed by atoms with E-state index in [9.17, 15) is 0 Å². The van der Waals surface area contributed by atoms with Crippen LogP contribution in [0.25, 0.3) is 11.4 Å². The molecular weight excluding hydrogens is 240 g/mol. The number of aromatic nitrogens is 3. The molecule has 1 aliphatic rings. The fourth-order valence-corrected chi connectivity index (χ4v) is 2.66.